The second-order valence-corrected chi connectivity index (χ2v) is 15.9. The molecule has 3 heterocycles. The SMILES string of the molecule is O=C(O)c1cccc(N2C(=O)[C@H]3[C@H](CC=C4[C@H]3C[C@H]3C(=O)N(Nc5ncc(C(F)(F)F)cc5Cl)C(=O)[C@@]3(c3ccc(Cl)cc3)[C@H]4c3ccc4ccccc4c3O)C2=O)c1. The van der Waals surface area contributed by atoms with E-state index in [1.807, 2.05) is 0 Å². The molecule has 16 heteroatoms. The molecule has 0 spiro atoms. The summed E-state index contributed by atoms with van der Waals surface area (Å²) >= 11 is 12.6. The third kappa shape index (κ3) is 5.71. The van der Waals surface area contributed by atoms with Crippen molar-refractivity contribution >= 4 is 75.1 Å². The number of rotatable bonds is 6. The van der Waals surface area contributed by atoms with Gasteiger partial charge in [0.15, 0.2) is 5.82 Å². The number of carbonyl (C=O) groups excluding carboxylic acids is 4. The highest BCUT2D eigenvalue weighted by Crippen LogP contribution is 2.65. The van der Waals surface area contributed by atoms with Crippen LogP contribution in [0.2, 0.25) is 10.0 Å². The molecule has 5 aromatic rings. The van der Waals surface area contributed by atoms with Crippen molar-refractivity contribution in [1.82, 2.24) is 9.99 Å². The molecule has 9 rings (SSSR count). The fourth-order valence-electron chi connectivity index (χ4n) is 9.66. The molecule has 2 saturated heterocycles. The summed E-state index contributed by atoms with van der Waals surface area (Å²) in [6.07, 6.45) is -2.61. The molecule has 11 nitrogen and oxygen atoms in total. The molecule has 298 valence electrons. The van der Waals surface area contributed by atoms with Gasteiger partial charge in [-0.2, -0.15) is 18.2 Å². The second kappa shape index (κ2) is 13.7. The summed E-state index contributed by atoms with van der Waals surface area (Å²) in [5.74, 6) is -9.99. The Bertz CT molecular complexity index is 2710. The third-order valence-corrected chi connectivity index (χ3v) is 12.7. The highest BCUT2D eigenvalue weighted by Gasteiger charge is 2.71. The van der Waals surface area contributed by atoms with Crippen molar-refractivity contribution in [2.45, 2.75) is 30.4 Å². The number of anilines is 2. The van der Waals surface area contributed by atoms with Gasteiger partial charge in [-0.05, 0) is 66.1 Å². The number of phenols is 1. The number of alkyl halides is 3. The van der Waals surface area contributed by atoms with Gasteiger partial charge in [0.1, 0.15) is 5.75 Å². The number of hydrogen-bond acceptors (Lipinski definition) is 8. The number of imide groups is 2. The lowest BCUT2D eigenvalue weighted by Crippen LogP contribution is -2.53. The van der Waals surface area contributed by atoms with Gasteiger partial charge in [0.05, 0.1) is 45.0 Å². The molecule has 0 bridgehead atoms. The largest absolute Gasteiger partial charge is 0.507 e. The number of benzene rings is 4. The summed E-state index contributed by atoms with van der Waals surface area (Å²) < 4.78 is 40.6. The van der Waals surface area contributed by atoms with E-state index in [2.05, 4.69) is 10.4 Å². The molecule has 0 unspecified atom stereocenters. The topological polar surface area (TPSA) is 157 Å². The fourth-order valence-corrected chi connectivity index (χ4v) is 10.00. The van der Waals surface area contributed by atoms with Crippen LogP contribution in [0.3, 0.4) is 0 Å². The van der Waals surface area contributed by atoms with Crippen LogP contribution >= 0.6 is 23.2 Å². The van der Waals surface area contributed by atoms with Crippen LogP contribution in [-0.2, 0) is 30.8 Å². The number of aromatic hydroxyl groups is 1. The zero-order chi connectivity index (χ0) is 41.7. The Morgan fingerprint density at radius 3 is 2.34 bits per heavy atom. The van der Waals surface area contributed by atoms with Crippen molar-refractivity contribution in [2.24, 2.45) is 23.7 Å². The Kier molecular flexibility index (Phi) is 8.87. The van der Waals surface area contributed by atoms with Gasteiger partial charge >= 0.3 is 12.1 Å². The van der Waals surface area contributed by atoms with Crippen molar-refractivity contribution < 1.29 is 47.4 Å². The molecule has 4 aliphatic rings. The minimum Gasteiger partial charge on any atom is -0.507 e. The zero-order valence-electron chi connectivity index (χ0n) is 30.3. The number of carboxylic acids is 1. The van der Waals surface area contributed by atoms with Crippen LogP contribution in [0, 0.1) is 23.7 Å². The highest BCUT2D eigenvalue weighted by atomic mass is 35.5. The van der Waals surface area contributed by atoms with E-state index in [4.69, 9.17) is 23.2 Å². The predicted octanol–water partition coefficient (Wildman–Crippen LogP) is 8.15. The molecule has 2 aliphatic carbocycles. The quantitative estimate of drug-likeness (QED) is 0.113. The number of phenolic OH excluding ortho intramolecular Hbond substituents is 1. The molecule has 59 heavy (non-hydrogen) atoms. The van der Waals surface area contributed by atoms with Crippen LogP contribution in [0.25, 0.3) is 10.8 Å². The Morgan fingerprint density at radius 2 is 1.63 bits per heavy atom. The maximum absolute atomic E-state index is 15.5. The van der Waals surface area contributed by atoms with Crippen molar-refractivity contribution in [3.05, 3.63) is 141 Å². The van der Waals surface area contributed by atoms with Crippen LogP contribution in [0.1, 0.15) is 45.8 Å². The average molecular weight is 842 g/mol. The number of halogens is 5. The second-order valence-electron chi connectivity index (χ2n) is 15.0. The minimum atomic E-state index is -4.79. The first-order valence-corrected chi connectivity index (χ1v) is 19.1. The number of nitrogens with zero attached hydrogens (tertiary/aromatic N) is 3. The van der Waals surface area contributed by atoms with Gasteiger partial charge < -0.3 is 10.2 Å². The van der Waals surface area contributed by atoms with Crippen LogP contribution in [0.4, 0.5) is 24.7 Å². The fraction of sp³-hybridized carbons (Fsp3) is 0.209. The van der Waals surface area contributed by atoms with Crippen molar-refractivity contribution in [3.8, 4) is 5.75 Å². The minimum absolute atomic E-state index is 0.0393. The number of nitrogens with one attached hydrogen (secondary N) is 1. The maximum Gasteiger partial charge on any atom is 0.417 e. The van der Waals surface area contributed by atoms with E-state index < -0.39 is 87.2 Å². The first-order chi connectivity index (χ1) is 28.1. The lowest BCUT2D eigenvalue weighted by molar-refractivity contribution is -0.139. The summed E-state index contributed by atoms with van der Waals surface area (Å²) in [4.78, 5) is 75.8. The molecule has 2 aliphatic heterocycles. The molecule has 1 saturated carbocycles. The van der Waals surface area contributed by atoms with E-state index in [1.165, 1.54) is 24.3 Å². The van der Waals surface area contributed by atoms with E-state index in [9.17, 15) is 42.6 Å². The molecule has 4 amide bonds. The lowest BCUT2D eigenvalue weighted by Gasteiger charge is -2.50. The predicted molar refractivity (Wildman–Crippen MR) is 208 cm³/mol. The number of fused-ring (bicyclic) bond motifs is 5. The number of carbonyl (C=O) groups is 5. The van der Waals surface area contributed by atoms with Crippen LogP contribution in [0.15, 0.2) is 109 Å². The number of aromatic nitrogens is 1. The Morgan fingerprint density at radius 1 is 0.881 bits per heavy atom. The zero-order valence-corrected chi connectivity index (χ0v) is 31.8. The molecule has 0 radical (unpaired) electrons. The maximum atomic E-state index is 15.5. The van der Waals surface area contributed by atoms with Crippen molar-refractivity contribution in [1.29, 1.82) is 0 Å². The standard InChI is InChI=1S/C43H29Cl2F3N4O7/c44-24-11-9-22(10-12-24)42-31(38(55)52(41(42)59)50-36-32(45)17-23(19-49-36)43(46,47)48)18-30-27(34(42)29-13-8-20-4-1-2-7-26(20)35(29)53)14-15-28-33(30)39(56)51(37(28)54)25-6-3-5-21(16-25)40(57)58/h1-14,16-17,19,28,30-31,33-34,53H,15,18H2,(H,49,50)(H,57,58)/t28-,30+,31-,33-,34+,42+/m0/s1. The van der Waals surface area contributed by atoms with E-state index >= 15 is 4.79 Å². The van der Waals surface area contributed by atoms with E-state index in [-0.39, 0.29) is 35.4 Å². The first kappa shape index (κ1) is 38.3. The van der Waals surface area contributed by atoms with E-state index in [1.54, 1.807) is 66.7 Å². The summed E-state index contributed by atoms with van der Waals surface area (Å²) in [6.45, 7) is 0. The number of carboxylic acid groups (broad SMARTS) is 1. The highest BCUT2D eigenvalue weighted by molar-refractivity contribution is 6.33. The van der Waals surface area contributed by atoms with Gasteiger partial charge in [-0.3, -0.25) is 29.5 Å². The summed E-state index contributed by atoms with van der Waals surface area (Å²) in [5, 5.41) is 23.4. The molecule has 3 N–H and O–H groups in total. The number of pyridine rings is 1. The summed E-state index contributed by atoms with van der Waals surface area (Å²) in [6, 6.07) is 22.7. The number of hydrogen-bond donors (Lipinski definition) is 3. The normalized spacial score (nSPS) is 25.2. The molecule has 1 aromatic heterocycles. The van der Waals surface area contributed by atoms with Gasteiger partial charge in [-0.25, -0.2) is 9.78 Å². The summed E-state index contributed by atoms with van der Waals surface area (Å²) in [5.41, 5.74) is 0.565. The van der Waals surface area contributed by atoms with Crippen LogP contribution < -0.4 is 10.3 Å². The van der Waals surface area contributed by atoms with E-state index in [0.29, 0.717) is 44.2 Å². The molecule has 3 fully saturated rings. The van der Waals surface area contributed by atoms with Gasteiger partial charge in [-0.1, -0.05) is 89.4 Å². The lowest BCUT2D eigenvalue weighted by atomic mass is 9.49. The smallest absolute Gasteiger partial charge is 0.417 e. The molecular formula is C43H29Cl2F3N4O7. The number of aromatic carboxylic acids is 1. The molecule has 6 atom stereocenters. The van der Waals surface area contributed by atoms with E-state index in [0.717, 1.165) is 4.90 Å². The Labute approximate surface area is 342 Å². The summed E-state index contributed by atoms with van der Waals surface area (Å²) in [7, 11) is 0. The van der Waals surface area contributed by atoms with Crippen LogP contribution in [0.5, 0.6) is 5.75 Å². The number of amides is 4. The van der Waals surface area contributed by atoms with Gasteiger partial charge in [-0.15, -0.1) is 0 Å². The third-order valence-electron chi connectivity index (χ3n) is 12.2. The van der Waals surface area contributed by atoms with Gasteiger partial charge in [0, 0.05) is 28.1 Å². The number of allylic oxidation sites excluding steroid dienone is 2. The van der Waals surface area contributed by atoms with Gasteiger partial charge in [0.2, 0.25) is 11.8 Å². The monoisotopic (exact) mass is 840 g/mol. The van der Waals surface area contributed by atoms with Gasteiger partial charge in [0.25, 0.3) is 11.8 Å². The van der Waals surface area contributed by atoms with Crippen LogP contribution in [-0.4, -0.2) is 49.8 Å². The van der Waals surface area contributed by atoms with Crippen molar-refractivity contribution in [2.75, 3.05) is 10.3 Å². The Hall–Kier alpha value is -6.25. The Balaban J connectivity index is 1.25. The molecule has 4 aromatic carbocycles. The molecular weight excluding hydrogens is 812 g/mol. The first-order valence-electron chi connectivity index (χ1n) is 18.4. The van der Waals surface area contributed by atoms with Crippen molar-refractivity contribution in [3.63, 3.8) is 0 Å². The number of hydrazine groups is 1. The average Bonchev–Trinajstić information content (AvgIpc) is 3.59.